The van der Waals surface area contributed by atoms with Gasteiger partial charge in [0.1, 0.15) is 0 Å². The summed E-state index contributed by atoms with van der Waals surface area (Å²) < 4.78 is 0. The van der Waals surface area contributed by atoms with Crippen molar-refractivity contribution in [1.29, 1.82) is 0 Å². The van der Waals surface area contributed by atoms with Gasteiger partial charge < -0.3 is 16.4 Å². The first-order valence-corrected chi connectivity index (χ1v) is 4.24. The average molecular weight is 171 g/mol. The van der Waals surface area contributed by atoms with Crippen LogP contribution in [0.25, 0.3) is 0 Å². The van der Waals surface area contributed by atoms with Crippen LogP contribution < -0.4 is 11.5 Å². The zero-order chi connectivity index (χ0) is 9.35. The lowest BCUT2D eigenvalue weighted by Crippen LogP contribution is -2.37. The van der Waals surface area contributed by atoms with Crippen molar-refractivity contribution in [1.82, 2.24) is 4.90 Å². The van der Waals surface area contributed by atoms with Gasteiger partial charge in [0.05, 0.1) is 0 Å². The summed E-state index contributed by atoms with van der Waals surface area (Å²) in [4.78, 5) is 12.5. The van der Waals surface area contributed by atoms with Crippen LogP contribution in [0.5, 0.6) is 0 Å². The SMILES string of the molecule is CC1CN(C(N)=O)CC1(C)CN. The van der Waals surface area contributed by atoms with Crippen molar-refractivity contribution in [3.63, 3.8) is 0 Å². The number of primary amides is 1. The smallest absolute Gasteiger partial charge is 0.314 e. The number of nitrogens with two attached hydrogens (primary N) is 2. The van der Waals surface area contributed by atoms with Crippen LogP contribution in [-0.2, 0) is 0 Å². The number of carbonyl (C=O) groups excluding carboxylic acids is 1. The molecule has 0 aliphatic carbocycles. The molecule has 2 amide bonds. The number of amides is 2. The minimum absolute atomic E-state index is 0.0506. The highest BCUT2D eigenvalue weighted by atomic mass is 16.2. The summed E-state index contributed by atoms with van der Waals surface area (Å²) in [6.07, 6.45) is 0. The van der Waals surface area contributed by atoms with Gasteiger partial charge in [0.15, 0.2) is 0 Å². The van der Waals surface area contributed by atoms with Crippen molar-refractivity contribution in [2.24, 2.45) is 22.8 Å². The van der Waals surface area contributed by atoms with Gasteiger partial charge in [-0.25, -0.2) is 4.79 Å². The Morgan fingerprint density at radius 2 is 2.33 bits per heavy atom. The van der Waals surface area contributed by atoms with Gasteiger partial charge in [0, 0.05) is 18.5 Å². The second-order valence-corrected chi connectivity index (χ2v) is 3.98. The van der Waals surface area contributed by atoms with Crippen molar-refractivity contribution in [3.8, 4) is 0 Å². The second kappa shape index (κ2) is 2.94. The third kappa shape index (κ3) is 1.39. The number of rotatable bonds is 1. The van der Waals surface area contributed by atoms with E-state index in [-0.39, 0.29) is 11.4 Å². The second-order valence-electron chi connectivity index (χ2n) is 3.98. The maximum absolute atomic E-state index is 10.9. The van der Waals surface area contributed by atoms with E-state index < -0.39 is 0 Å². The van der Waals surface area contributed by atoms with Gasteiger partial charge in [-0.2, -0.15) is 0 Å². The largest absolute Gasteiger partial charge is 0.351 e. The number of likely N-dealkylation sites (tertiary alicyclic amines) is 1. The molecule has 1 saturated heterocycles. The molecule has 1 heterocycles. The summed E-state index contributed by atoms with van der Waals surface area (Å²) >= 11 is 0. The summed E-state index contributed by atoms with van der Waals surface area (Å²) in [5.41, 5.74) is 10.9. The van der Waals surface area contributed by atoms with E-state index in [9.17, 15) is 4.79 Å². The molecule has 4 N–H and O–H groups in total. The molecule has 0 spiro atoms. The topological polar surface area (TPSA) is 72.3 Å². The fourth-order valence-electron chi connectivity index (χ4n) is 1.64. The molecule has 12 heavy (non-hydrogen) atoms. The van der Waals surface area contributed by atoms with Crippen LogP contribution >= 0.6 is 0 Å². The molecular formula is C8H17N3O. The zero-order valence-electron chi connectivity index (χ0n) is 7.71. The zero-order valence-corrected chi connectivity index (χ0v) is 7.71. The number of urea groups is 1. The van der Waals surface area contributed by atoms with E-state index in [4.69, 9.17) is 11.5 Å². The van der Waals surface area contributed by atoms with Crippen LogP contribution in [0.1, 0.15) is 13.8 Å². The Kier molecular flexibility index (Phi) is 2.28. The van der Waals surface area contributed by atoms with E-state index in [1.165, 1.54) is 0 Å². The predicted molar refractivity (Wildman–Crippen MR) is 47.5 cm³/mol. The number of hydrogen-bond donors (Lipinski definition) is 2. The van der Waals surface area contributed by atoms with Crippen LogP contribution in [0.3, 0.4) is 0 Å². The van der Waals surface area contributed by atoms with Gasteiger partial charge in [0.25, 0.3) is 0 Å². The number of hydrogen-bond acceptors (Lipinski definition) is 2. The minimum atomic E-state index is -0.334. The highest BCUT2D eigenvalue weighted by Crippen LogP contribution is 2.33. The quantitative estimate of drug-likeness (QED) is 0.582. The molecule has 0 aromatic carbocycles. The molecule has 1 aliphatic rings. The molecule has 0 bridgehead atoms. The fourth-order valence-corrected chi connectivity index (χ4v) is 1.64. The van der Waals surface area contributed by atoms with Gasteiger partial charge in [-0.3, -0.25) is 0 Å². The molecule has 0 saturated carbocycles. The van der Waals surface area contributed by atoms with Gasteiger partial charge in [-0.15, -0.1) is 0 Å². The Morgan fingerprint density at radius 3 is 2.58 bits per heavy atom. The predicted octanol–water partition coefficient (Wildman–Crippen LogP) is -0.0182. The molecule has 70 valence electrons. The van der Waals surface area contributed by atoms with Crippen LogP contribution in [0.2, 0.25) is 0 Å². The molecule has 0 aromatic rings. The average Bonchev–Trinajstić information content (AvgIpc) is 2.30. The van der Waals surface area contributed by atoms with E-state index in [0.29, 0.717) is 19.0 Å². The Bertz CT molecular complexity index is 195. The van der Waals surface area contributed by atoms with Crippen LogP contribution in [0, 0.1) is 11.3 Å². The first-order valence-electron chi connectivity index (χ1n) is 4.24. The monoisotopic (exact) mass is 171 g/mol. The van der Waals surface area contributed by atoms with Crippen molar-refractivity contribution in [2.45, 2.75) is 13.8 Å². The Labute approximate surface area is 72.9 Å². The maximum atomic E-state index is 10.9. The summed E-state index contributed by atoms with van der Waals surface area (Å²) in [5.74, 6) is 0.440. The summed E-state index contributed by atoms with van der Waals surface area (Å²) in [7, 11) is 0. The highest BCUT2D eigenvalue weighted by Gasteiger charge is 2.40. The van der Waals surface area contributed by atoms with Crippen molar-refractivity contribution >= 4 is 6.03 Å². The normalized spacial score (nSPS) is 35.6. The van der Waals surface area contributed by atoms with Gasteiger partial charge in [-0.05, 0) is 12.5 Å². The summed E-state index contributed by atoms with van der Waals surface area (Å²) in [6.45, 7) is 6.25. The summed E-state index contributed by atoms with van der Waals surface area (Å²) in [5, 5.41) is 0. The molecule has 0 radical (unpaired) electrons. The molecule has 0 aromatic heterocycles. The van der Waals surface area contributed by atoms with Gasteiger partial charge in [0.2, 0.25) is 0 Å². The standard InChI is InChI=1S/C8H17N3O/c1-6-3-11(7(10)12)5-8(6,2)4-9/h6H,3-5,9H2,1-2H3,(H2,10,12). The molecule has 1 fully saturated rings. The molecule has 4 nitrogen and oxygen atoms in total. The van der Waals surface area contributed by atoms with E-state index in [1.54, 1.807) is 4.90 Å². The van der Waals surface area contributed by atoms with Crippen LogP contribution in [0.4, 0.5) is 4.79 Å². The van der Waals surface area contributed by atoms with E-state index in [0.717, 1.165) is 6.54 Å². The lowest BCUT2D eigenvalue weighted by molar-refractivity contribution is 0.211. The molecular weight excluding hydrogens is 154 g/mol. The molecule has 2 unspecified atom stereocenters. The Morgan fingerprint density at radius 1 is 1.75 bits per heavy atom. The van der Waals surface area contributed by atoms with Gasteiger partial charge in [-0.1, -0.05) is 13.8 Å². The van der Waals surface area contributed by atoms with Crippen LogP contribution in [0.15, 0.2) is 0 Å². The maximum Gasteiger partial charge on any atom is 0.314 e. The van der Waals surface area contributed by atoms with Crippen molar-refractivity contribution < 1.29 is 4.79 Å². The lowest BCUT2D eigenvalue weighted by atomic mass is 9.81. The molecule has 1 aliphatic heterocycles. The van der Waals surface area contributed by atoms with E-state index in [2.05, 4.69) is 13.8 Å². The Hall–Kier alpha value is -0.770. The lowest BCUT2D eigenvalue weighted by Gasteiger charge is -2.25. The molecule has 2 atom stereocenters. The molecule has 4 heteroatoms. The third-order valence-electron chi connectivity index (χ3n) is 3.01. The fraction of sp³-hybridized carbons (Fsp3) is 0.875. The number of carbonyl (C=O) groups is 1. The Balaban J connectivity index is 2.68. The van der Waals surface area contributed by atoms with Crippen molar-refractivity contribution in [2.75, 3.05) is 19.6 Å². The number of nitrogens with zero attached hydrogens (tertiary/aromatic N) is 1. The van der Waals surface area contributed by atoms with Crippen LogP contribution in [-0.4, -0.2) is 30.6 Å². The third-order valence-corrected chi connectivity index (χ3v) is 3.01. The highest BCUT2D eigenvalue weighted by molar-refractivity contribution is 5.72. The minimum Gasteiger partial charge on any atom is -0.351 e. The summed E-state index contributed by atoms with van der Waals surface area (Å²) in [6, 6.07) is -0.334. The first kappa shape index (κ1) is 9.32. The van der Waals surface area contributed by atoms with E-state index in [1.807, 2.05) is 0 Å². The molecule has 1 rings (SSSR count). The first-order chi connectivity index (χ1) is 5.49. The van der Waals surface area contributed by atoms with Gasteiger partial charge >= 0.3 is 6.03 Å². The van der Waals surface area contributed by atoms with E-state index >= 15 is 0 Å². The van der Waals surface area contributed by atoms with Crippen molar-refractivity contribution in [3.05, 3.63) is 0 Å².